The molecule has 1 saturated heterocycles. The van der Waals surface area contributed by atoms with Gasteiger partial charge in [-0.1, -0.05) is 19.9 Å². The zero-order valence-corrected chi connectivity index (χ0v) is 10.2. The lowest BCUT2D eigenvalue weighted by Crippen LogP contribution is -2.40. The molecule has 16 heavy (non-hydrogen) atoms. The van der Waals surface area contributed by atoms with E-state index in [1.165, 1.54) is 6.20 Å². The Kier molecular flexibility index (Phi) is 8.21. The summed E-state index contributed by atoms with van der Waals surface area (Å²) in [6.07, 6.45) is 7.24. The molecule has 1 aliphatic rings. The van der Waals surface area contributed by atoms with Gasteiger partial charge in [0.1, 0.15) is 0 Å². The molecule has 4 heteroatoms. The van der Waals surface area contributed by atoms with Gasteiger partial charge in [-0.15, -0.1) is 0 Å². The Morgan fingerprint density at radius 1 is 1.44 bits per heavy atom. The molecule has 1 heterocycles. The van der Waals surface area contributed by atoms with Gasteiger partial charge in [0.25, 0.3) is 0 Å². The normalized spacial score (nSPS) is 20.2. The molecule has 1 atom stereocenters. The first-order valence-electron chi connectivity index (χ1n) is 5.94. The highest BCUT2D eigenvalue weighted by molar-refractivity contribution is 5.98. The molecule has 0 aromatic heterocycles. The van der Waals surface area contributed by atoms with E-state index in [9.17, 15) is 9.59 Å². The molecule has 3 N–H and O–H groups in total. The first-order chi connectivity index (χ1) is 7.74. The minimum absolute atomic E-state index is 0.0128. The molecule has 0 radical (unpaired) electrons. The summed E-state index contributed by atoms with van der Waals surface area (Å²) in [6, 6.07) is 0. The number of piperidine rings is 1. The molecule has 0 aromatic carbocycles. The van der Waals surface area contributed by atoms with Crippen molar-refractivity contribution in [3.8, 4) is 0 Å². The molecular formula is C12H22N2O2. The van der Waals surface area contributed by atoms with Crippen molar-refractivity contribution in [2.45, 2.75) is 46.0 Å². The maximum absolute atomic E-state index is 11.3. The third kappa shape index (κ3) is 5.53. The van der Waals surface area contributed by atoms with Gasteiger partial charge in [-0.2, -0.15) is 0 Å². The van der Waals surface area contributed by atoms with Crippen LogP contribution < -0.4 is 11.1 Å². The number of carbonyl (C=O) groups is 2. The minimum Gasteiger partial charge on any atom is -0.405 e. The summed E-state index contributed by atoms with van der Waals surface area (Å²) >= 11 is 0. The number of allylic oxidation sites excluding steroid dienone is 1. The molecule has 0 aromatic rings. The van der Waals surface area contributed by atoms with E-state index in [2.05, 4.69) is 5.32 Å². The molecule has 92 valence electrons. The van der Waals surface area contributed by atoms with Crippen molar-refractivity contribution in [2.75, 3.05) is 0 Å². The van der Waals surface area contributed by atoms with Crippen molar-refractivity contribution in [3.05, 3.63) is 12.3 Å². The Hall–Kier alpha value is -1.32. The number of hydrogen-bond donors (Lipinski definition) is 2. The molecule has 1 fully saturated rings. The summed E-state index contributed by atoms with van der Waals surface area (Å²) in [6.45, 7) is 4.00. The van der Waals surface area contributed by atoms with Gasteiger partial charge in [0, 0.05) is 12.3 Å². The summed E-state index contributed by atoms with van der Waals surface area (Å²) < 4.78 is 0. The number of carbonyl (C=O) groups excluding carboxylic acids is 2. The third-order valence-corrected chi connectivity index (χ3v) is 2.41. The average Bonchev–Trinajstić information content (AvgIpc) is 2.29. The zero-order valence-electron chi connectivity index (χ0n) is 10.2. The standard InChI is InChI=1S/C10H16N2O2.C2H6/c11-7-3-1-2-4-8-5-6-9(13)12-10(8)14;1-2/h3,7-8H,1-2,4-6,11H2,(H,12,13,14);1-2H3/b7-3+;. The molecule has 1 rings (SSSR count). The van der Waals surface area contributed by atoms with Crippen molar-refractivity contribution in [1.29, 1.82) is 0 Å². The highest BCUT2D eigenvalue weighted by Crippen LogP contribution is 2.18. The van der Waals surface area contributed by atoms with Gasteiger partial charge in [0.15, 0.2) is 0 Å². The highest BCUT2D eigenvalue weighted by Gasteiger charge is 2.25. The fraction of sp³-hybridized carbons (Fsp3) is 0.667. The minimum atomic E-state index is -0.145. The quantitative estimate of drug-likeness (QED) is 0.566. The van der Waals surface area contributed by atoms with Crippen LogP contribution in [0, 0.1) is 5.92 Å². The fourth-order valence-corrected chi connectivity index (χ4v) is 1.59. The summed E-state index contributed by atoms with van der Waals surface area (Å²) in [4.78, 5) is 22.1. The van der Waals surface area contributed by atoms with E-state index in [-0.39, 0.29) is 17.7 Å². The van der Waals surface area contributed by atoms with E-state index < -0.39 is 0 Å². The summed E-state index contributed by atoms with van der Waals surface area (Å²) in [5.41, 5.74) is 5.19. The maximum atomic E-state index is 11.3. The van der Waals surface area contributed by atoms with Crippen LogP contribution in [-0.4, -0.2) is 11.8 Å². The van der Waals surface area contributed by atoms with E-state index in [1.807, 2.05) is 19.9 Å². The predicted octanol–water partition coefficient (Wildman–Crippen LogP) is 1.71. The molecule has 1 unspecified atom stereocenters. The highest BCUT2D eigenvalue weighted by atomic mass is 16.2. The van der Waals surface area contributed by atoms with Crippen LogP contribution >= 0.6 is 0 Å². The van der Waals surface area contributed by atoms with Crippen molar-refractivity contribution < 1.29 is 9.59 Å². The van der Waals surface area contributed by atoms with E-state index in [4.69, 9.17) is 5.73 Å². The summed E-state index contributed by atoms with van der Waals surface area (Å²) in [5.74, 6) is -0.245. The van der Waals surface area contributed by atoms with Gasteiger partial charge >= 0.3 is 0 Å². The third-order valence-electron chi connectivity index (χ3n) is 2.41. The number of nitrogens with one attached hydrogen (secondary N) is 1. The van der Waals surface area contributed by atoms with Crippen molar-refractivity contribution in [1.82, 2.24) is 5.32 Å². The lowest BCUT2D eigenvalue weighted by atomic mass is 9.93. The van der Waals surface area contributed by atoms with Gasteiger partial charge in [-0.3, -0.25) is 14.9 Å². The Bertz CT molecular complexity index is 249. The van der Waals surface area contributed by atoms with Crippen LogP contribution in [0.5, 0.6) is 0 Å². The molecule has 0 spiro atoms. The topological polar surface area (TPSA) is 72.2 Å². The number of imide groups is 1. The second-order valence-corrected chi connectivity index (χ2v) is 3.51. The maximum Gasteiger partial charge on any atom is 0.229 e. The van der Waals surface area contributed by atoms with E-state index in [0.29, 0.717) is 12.8 Å². The van der Waals surface area contributed by atoms with Crippen LogP contribution in [0.1, 0.15) is 46.0 Å². The van der Waals surface area contributed by atoms with Crippen molar-refractivity contribution in [3.63, 3.8) is 0 Å². The number of rotatable bonds is 4. The van der Waals surface area contributed by atoms with Gasteiger partial charge < -0.3 is 5.73 Å². The number of amides is 2. The lowest BCUT2D eigenvalue weighted by Gasteiger charge is -2.20. The smallest absolute Gasteiger partial charge is 0.229 e. The first-order valence-corrected chi connectivity index (χ1v) is 5.94. The fourth-order valence-electron chi connectivity index (χ4n) is 1.59. The Balaban J connectivity index is 0.00000106. The number of hydrogen-bond acceptors (Lipinski definition) is 3. The van der Waals surface area contributed by atoms with Crippen LogP contribution in [0.4, 0.5) is 0 Å². The summed E-state index contributed by atoms with van der Waals surface area (Å²) in [7, 11) is 0. The lowest BCUT2D eigenvalue weighted by molar-refractivity contribution is -0.136. The van der Waals surface area contributed by atoms with Crippen molar-refractivity contribution in [2.24, 2.45) is 11.7 Å². The van der Waals surface area contributed by atoms with Crippen LogP contribution in [0.3, 0.4) is 0 Å². The van der Waals surface area contributed by atoms with Gasteiger partial charge in [-0.25, -0.2) is 0 Å². The van der Waals surface area contributed by atoms with Gasteiger partial charge in [0.2, 0.25) is 11.8 Å². The van der Waals surface area contributed by atoms with Crippen LogP contribution in [-0.2, 0) is 9.59 Å². The molecule has 0 aliphatic carbocycles. The Morgan fingerprint density at radius 3 is 2.69 bits per heavy atom. The molecule has 2 amide bonds. The molecular weight excluding hydrogens is 204 g/mol. The van der Waals surface area contributed by atoms with Gasteiger partial charge in [-0.05, 0) is 31.9 Å². The first kappa shape index (κ1) is 14.7. The second-order valence-electron chi connectivity index (χ2n) is 3.51. The molecule has 4 nitrogen and oxygen atoms in total. The molecule has 0 bridgehead atoms. The van der Waals surface area contributed by atoms with Crippen LogP contribution in [0.25, 0.3) is 0 Å². The number of unbranched alkanes of at least 4 members (excludes halogenated alkanes) is 1. The summed E-state index contributed by atoms with van der Waals surface area (Å²) in [5, 5.41) is 2.35. The van der Waals surface area contributed by atoms with Gasteiger partial charge in [0.05, 0.1) is 0 Å². The van der Waals surface area contributed by atoms with E-state index in [0.717, 1.165) is 19.3 Å². The van der Waals surface area contributed by atoms with Crippen molar-refractivity contribution >= 4 is 11.8 Å². The second kappa shape index (κ2) is 8.95. The molecule has 0 saturated carbocycles. The van der Waals surface area contributed by atoms with E-state index >= 15 is 0 Å². The SMILES string of the molecule is CC.N/C=C/CCCC1CCC(=O)NC1=O. The zero-order chi connectivity index (χ0) is 12.4. The van der Waals surface area contributed by atoms with Crippen LogP contribution in [0.15, 0.2) is 12.3 Å². The monoisotopic (exact) mass is 226 g/mol. The Morgan fingerprint density at radius 2 is 2.12 bits per heavy atom. The average molecular weight is 226 g/mol. The molecule has 1 aliphatic heterocycles. The largest absolute Gasteiger partial charge is 0.405 e. The number of nitrogens with two attached hydrogens (primary N) is 1. The predicted molar refractivity (Wildman–Crippen MR) is 64.4 cm³/mol. The Labute approximate surface area is 97.3 Å². The van der Waals surface area contributed by atoms with Crippen LogP contribution in [0.2, 0.25) is 0 Å². The van der Waals surface area contributed by atoms with E-state index in [1.54, 1.807) is 0 Å².